The zero-order valence-electron chi connectivity index (χ0n) is 11.0. The van der Waals surface area contributed by atoms with Crippen LogP contribution in [0, 0.1) is 13.8 Å². The summed E-state index contributed by atoms with van der Waals surface area (Å²) in [5.74, 6) is 6.06. The fourth-order valence-electron chi connectivity index (χ4n) is 1.75. The van der Waals surface area contributed by atoms with Gasteiger partial charge in [0, 0.05) is 22.8 Å². The fraction of sp³-hybridized carbons (Fsp3) is 0.250. The molecule has 4 N–H and O–H groups in total. The van der Waals surface area contributed by atoms with Gasteiger partial charge in [0.25, 0.3) is 5.91 Å². The van der Waals surface area contributed by atoms with Gasteiger partial charge in [-0.1, -0.05) is 5.16 Å². The SMILES string of the molecule is Cc1noc(C)c1CNC(=O)c1cc(Br)cnc1NN. The van der Waals surface area contributed by atoms with Crippen LogP contribution in [0.2, 0.25) is 0 Å². The molecule has 8 heteroatoms. The van der Waals surface area contributed by atoms with Gasteiger partial charge in [-0.2, -0.15) is 0 Å². The van der Waals surface area contributed by atoms with E-state index in [0.29, 0.717) is 28.2 Å². The molecular weight excluding hydrogens is 326 g/mol. The van der Waals surface area contributed by atoms with Crippen LogP contribution in [-0.4, -0.2) is 16.0 Å². The highest BCUT2D eigenvalue weighted by atomic mass is 79.9. The van der Waals surface area contributed by atoms with Crippen molar-refractivity contribution in [1.29, 1.82) is 0 Å². The first kappa shape index (κ1) is 14.5. The Morgan fingerprint density at radius 3 is 2.85 bits per heavy atom. The number of amides is 1. The summed E-state index contributed by atoms with van der Waals surface area (Å²) in [4.78, 5) is 16.2. The number of rotatable bonds is 4. The summed E-state index contributed by atoms with van der Waals surface area (Å²) in [5.41, 5.74) is 4.37. The van der Waals surface area contributed by atoms with Gasteiger partial charge in [0.05, 0.1) is 11.3 Å². The van der Waals surface area contributed by atoms with Crippen molar-refractivity contribution in [3.63, 3.8) is 0 Å². The second-order valence-electron chi connectivity index (χ2n) is 4.18. The number of aromatic nitrogens is 2. The Kier molecular flexibility index (Phi) is 4.35. The topological polar surface area (TPSA) is 106 Å². The van der Waals surface area contributed by atoms with Crippen molar-refractivity contribution in [2.45, 2.75) is 20.4 Å². The number of nitrogens with zero attached hydrogens (tertiary/aromatic N) is 2. The molecule has 2 aromatic heterocycles. The Hall–Kier alpha value is -1.93. The lowest BCUT2D eigenvalue weighted by Gasteiger charge is -2.09. The van der Waals surface area contributed by atoms with Crippen molar-refractivity contribution in [2.24, 2.45) is 5.84 Å². The first-order valence-corrected chi connectivity index (χ1v) is 6.64. The van der Waals surface area contributed by atoms with Gasteiger partial charge in [-0.05, 0) is 35.8 Å². The van der Waals surface area contributed by atoms with Crippen molar-refractivity contribution >= 4 is 27.7 Å². The normalized spacial score (nSPS) is 10.4. The summed E-state index contributed by atoms with van der Waals surface area (Å²) < 4.78 is 5.74. The van der Waals surface area contributed by atoms with E-state index in [-0.39, 0.29) is 5.91 Å². The molecule has 0 aliphatic carbocycles. The second kappa shape index (κ2) is 6.02. The van der Waals surface area contributed by atoms with E-state index in [4.69, 9.17) is 10.4 Å². The summed E-state index contributed by atoms with van der Waals surface area (Å²) in [6.45, 7) is 3.96. The highest BCUT2D eigenvalue weighted by Gasteiger charge is 2.15. The van der Waals surface area contributed by atoms with Gasteiger partial charge in [0.2, 0.25) is 0 Å². The van der Waals surface area contributed by atoms with Crippen molar-refractivity contribution in [3.05, 3.63) is 39.3 Å². The molecule has 1 amide bonds. The zero-order chi connectivity index (χ0) is 14.7. The number of pyridine rings is 1. The maximum atomic E-state index is 12.2. The molecule has 2 aromatic rings. The predicted molar refractivity (Wildman–Crippen MR) is 76.9 cm³/mol. The highest BCUT2D eigenvalue weighted by Crippen LogP contribution is 2.18. The zero-order valence-corrected chi connectivity index (χ0v) is 12.6. The van der Waals surface area contributed by atoms with Crippen molar-refractivity contribution in [1.82, 2.24) is 15.5 Å². The minimum absolute atomic E-state index is 0.285. The number of hydrazine groups is 1. The first-order valence-electron chi connectivity index (χ1n) is 5.85. The molecule has 0 aromatic carbocycles. The van der Waals surface area contributed by atoms with Crippen LogP contribution in [0.3, 0.4) is 0 Å². The van der Waals surface area contributed by atoms with Gasteiger partial charge < -0.3 is 15.3 Å². The molecule has 2 rings (SSSR count). The Labute approximate surface area is 124 Å². The van der Waals surface area contributed by atoms with Crippen LogP contribution in [0.15, 0.2) is 21.3 Å². The molecule has 0 fully saturated rings. The summed E-state index contributed by atoms with van der Waals surface area (Å²) in [7, 11) is 0. The van der Waals surface area contributed by atoms with E-state index < -0.39 is 0 Å². The van der Waals surface area contributed by atoms with Crippen LogP contribution in [0.5, 0.6) is 0 Å². The third kappa shape index (κ3) is 2.97. The van der Waals surface area contributed by atoms with Crippen molar-refractivity contribution in [2.75, 3.05) is 5.43 Å². The van der Waals surface area contributed by atoms with E-state index in [0.717, 1.165) is 11.3 Å². The number of carbonyl (C=O) groups is 1. The van der Waals surface area contributed by atoms with E-state index in [9.17, 15) is 4.79 Å². The minimum atomic E-state index is -0.285. The predicted octanol–water partition coefficient (Wildman–Crippen LogP) is 1.66. The molecule has 0 aliphatic heterocycles. The van der Waals surface area contributed by atoms with Crippen LogP contribution in [0.25, 0.3) is 0 Å². The molecule has 7 nitrogen and oxygen atoms in total. The Morgan fingerprint density at radius 1 is 1.50 bits per heavy atom. The molecule has 0 saturated heterocycles. The molecule has 0 atom stereocenters. The van der Waals surface area contributed by atoms with Crippen LogP contribution in [-0.2, 0) is 6.54 Å². The van der Waals surface area contributed by atoms with E-state index in [2.05, 4.69) is 36.8 Å². The molecule has 0 saturated carbocycles. The van der Waals surface area contributed by atoms with E-state index in [1.807, 2.05) is 6.92 Å². The standard InChI is InChI=1S/C12H14BrN5O2/c1-6-10(7(2)20-18-6)5-16-12(19)9-3-8(13)4-15-11(9)17-14/h3-4H,5,14H2,1-2H3,(H,15,17)(H,16,19). The van der Waals surface area contributed by atoms with Crippen molar-refractivity contribution in [3.8, 4) is 0 Å². The largest absolute Gasteiger partial charge is 0.361 e. The lowest BCUT2D eigenvalue weighted by atomic mass is 10.2. The maximum absolute atomic E-state index is 12.2. The van der Waals surface area contributed by atoms with Crippen LogP contribution in [0.4, 0.5) is 5.82 Å². The number of anilines is 1. The molecular formula is C12H14BrN5O2. The van der Waals surface area contributed by atoms with E-state index in [1.54, 1.807) is 19.2 Å². The number of nitrogens with one attached hydrogen (secondary N) is 2. The number of hydrogen-bond donors (Lipinski definition) is 3. The van der Waals surface area contributed by atoms with Gasteiger partial charge in [-0.25, -0.2) is 10.8 Å². The molecule has 2 heterocycles. The van der Waals surface area contributed by atoms with Gasteiger partial charge in [0.1, 0.15) is 5.76 Å². The average Bonchev–Trinajstić information content (AvgIpc) is 2.75. The Morgan fingerprint density at radius 2 is 2.25 bits per heavy atom. The summed E-state index contributed by atoms with van der Waals surface area (Å²) in [5, 5.41) is 6.63. The fourth-order valence-corrected chi connectivity index (χ4v) is 2.08. The Balaban J connectivity index is 2.15. The molecule has 20 heavy (non-hydrogen) atoms. The minimum Gasteiger partial charge on any atom is -0.361 e. The lowest BCUT2D eigenvalue weighted by molar-refractivity contribution is 0.0951. The second-order valence-corrected chi connectivity index (χ2v) is 5.10. The number of carbonyl (C=O) groups excluding carboxylic acids is 1. The van der Waals surface area contributed by atoms with E-state index in [1.165, 1.54) is 0 Å². The number of nitrogen functional groups attached to an aromatic ring is 1. The summed E-state index contributed by atoms with van der Waals surface area (Å²) in [6.07, 6.45) is 1.56. The molecule has 0 aliphatic rings. The summed E-state index contributed by atoms with van der Waals surface area (Å²) in [6, 6.07) is 1.64. The quantitative estimate of drug-likeness (QED) is 0.577. The smallest absolute Gasteiger partial charge is 0.255 e. The number of nitrogens with two attached hydrogens (primary N) is 1. The number of halogens is 1. The maximum Gasteiger partial charge on any atom is 0.255 e. The van der Waals surface area contributed by atoms with Crippen LogP contribution < -0.4 is 16.6 Å². The third-order valence-electron chi connectivity index (χ3n) is 2.84. The summed E-state index contributed by atoms with van der Waals surface area (Å²) >= 11 is 3.27. The molecule has 0 spiro atoms. The monoisotopic (exact) mass is 339 g/mol. The molecule has 0 unspecified atom stereocenters. The third-order valence-corrected chi connectivity index (χ3v) is 3.28. The van der Waals surface area contributed by atoms with Crippen LogP contribution in [0.1, 0.15) is 27.4 Å². The number of hydrogen-bond acceptors (Lipinski definition) is 6. The lowest BCUT2D eigenvalue weighted by Crippen LogP contribution is -2.25. The van der Waals surface area contributed by atoms with Crippen molar-refractivity contribution < 1.29 is 9.32 Å². The van der Waals surface area contributed by atoms with Gasteiger partial charge >= 0.3 is 0 Å². The molecule has 0 radical (unpaired) electrons. The molecule has 0 bridgehead atoms. The highest BCUT2D eigenvalue weighted by molar-refractivity contribution is 9.10. The molecule has 106 valence electrons. The van der Waals surface area contributed by atoms with Crippen LogP contribution >= 0.6 is 15.9 Å². The van der Waals surface area contributed by atoms with Gasteiger partial charge in [0.15, 0.2) is 5.82 Å². The van der Waals surface area contributed by atoms with Gasteiger partial charge in [-0.3, -0.25) is 4.79 Å². The first-order chi connectivity index (χ1) is 9.52. The van der Waals surface area contributed by atoms with Gasteiger partial charge in [-0.15, -0.1) is 0 Å². The number of aryl methyl sites for hydroxylation is 2. The Bertz CT molecular complexity index is 621. The van der Waals surface area contributed by atoms with E-state index >= 15 is 0 Å². The average molecular weight is 340 g/mol.